The van der Waals surface area contributed by atoms with Crippen LogP contribution in [0, 0.1) is 0 Å². The summed E-state index contributed by atoms with van der Waals surface area (Å²) < 4.78 is 0. The highest BCUT2D eigenvalue weighted by atomic mass is 32.2. The van der Waals surface area contributed by atoms with Gasteiger partial charge in [0.25, 0.3) is 0 Å². The molecule has 1 aromatic carbocycles. The van der Waals surface area contributed by atoms with Gasteiger partial charge in [-0.1, -0.05) is 63.0 Å². The summed E-state index contributed by atoms with van der Waals surface area (Å²) in [5, 5.41) is 0. The highest BCUT2D eigenvalue weighted by Crippen LogP contribution is 2.30. The van der Waals surface area contributed by atoms with Crippen molar-refractivity contribution in [2.24, 2.45) is 0 Å². The summed E-state index contributed by atoms with van der Waals surface area (Å²) in [7, 11) is 0. The molecule has 0 N–H and O–H groups in total. The van der Waals surface area contributed by atoms with E-state index in [1.807, 2.05) is 23.9 Å². The Labute approximate surface area is 166 Å². The third-order valence-corrected chi connectivity index (χ3v) is 5.54. The number of thioether (sulfide) groups is 1. The molecule has 2 nitrogen and oxygen atoms in total. The molecule has 27 heavy (non-hydrogen) atoms. The lowest BCUT2D eigenvalue weighted by atomic mass is 9.99. The second kappa shape index (κ2) is 9.52. The van der Waals surface area contributed by atoms with E-state index >= 15 is 0 Å². The van der Waals surface area contributed by atoms with Crippen LogP contribution in [0.2, 0.25) is 0 Å². The van der Waals surface area contributed by atoms with E-state index in [4.69, 9.17) is 9.97 Å². The summed E-state index contributed by atoms with van der Waals surface area (Å²) in [6.07, 6.45) is 16.7. The first-order chi connectivity index (χ1) is 13.3. The molecule has 0 radical (unpaired) electrons. The average Bonchev–Trinajstić information content (AvgIpc) is 2.72. The second-order valence-electron chi connectivity index (χ2n) is 6.47. The van der Waals surface area contributed by atoms with Gasteiger partial charge in [-0.15, -0.1) is 11.8 Å². The molecule has 3 heteroatoms. The molecule has 0 saturated carbocycles. The number of nitrogens with zero attached hydrogens (tertiary/aromatic N) is 2. The Bertz CT molecular complexity index is 935. The van der Waals surface area contributed by atoms with Crippen molar-refractivity contribution in [3.63, 3.8) is 0 Å². The number of hydrogen-bond acceptors (Lipinski definition) is 3. The van der Waals surface area contributed by atoms with E-state index in [0.29, 0.717) is 0 Å². The summed E-state index contributed by atoms with van der Waals surface area (Å²) in [5.74, 6) is 1.14. The number of unbranched alkanes of at least 4 members (excludes halogenated alkanes) is 1. The zero-order valence-electron chi connectivity index (χ0n) is 15.9. The zero-order valence-corrected chi connectivity index (χ0v) is 16.8. The largest absolute Gasteiger partial charge is 0.244 e. The van der Waals surface area contributed by atoms with Gasteiger partial charge >= 0.3 is 0 Å². The predicted octanol–water partition coefficient (Wildman–Crippen LogP) is 7.01. The van der Waals surface area contributed by atoms with Gasteiger partial charge in [-0.25, -0.2) is 9.97 Å². The van der Waals surface area contributed by atoms with Gasteiger partial charge in [0.05, 0.1) is 22.4 Å². The van der Waals surface area contributed by atoms with Crippen molar-refractivity contribution in [2.75, 3.05) is 5.75 Å². The molecule has 0 fully saturated rings. The molecule has 0 spiro atoms. The summed E-state index contributed by atoms with van der Waals surface area (Å²) in [5.41, 5.74) is 5.70. The van der Waals surface area contributed by atoms with Crippen molar-refractivity contribution in [1.82, 2.24) is 9.97 Å². The second-order valence-corrected chi connectivity index (χ2v) is 7.64. The summed E-state index contributed by atoms with van der Waals surface area (Å²) in [6.45, 7) is 10.00. The van der Waals surface area contributed by atoms with Gasteiger partial charge in [-0.3, -0.25) is 0 Å². The molecule has 1 aliphatic carbocycles. The molecule has 1 aliphatic rings. The van der Waals surface area contributed by atoms with E-state index in [1.165, 1.54) is 17.7 Å². The lowest BCUT2D eigenvalue weighted by Gasteiger charge is -2.14. The van der Waals surface area contributed by atoms with Crippen molar-refractivity contribution in [2.45, 2.75) is 37.5 Å². The maximum atomic E-state index is 5.02. The molecule has 2 aromatic rings. The molecule has 3 rings (SSSR count). The van der Waals surface area contributed by atoms with E-state index < -0.39 is 0 Å². The highest BCUT2D eigenvalue weighted by molar-refractivity contribution is 7.99. The van der Waals surface area contributed by atoms with Gasteiger partial charge in [0.2, 0.25) is 0 Å². The van der Waals surface area contributed by atoms with Crippen molar-refractivity contribution in [3.05, 3.63) is 79.2 Å². The lowest BCUT2D eigenvalue weighted by Crippen LogP contribution is -2.02. The van der Waals surface area contributed by atoms with Crippen molar-refractivity contribution < 1.29 is 0 Å². The lowest BCUT2D eigenvalue weighted by molar-refractivity contribution is 0.896. The number of rotatable bonds is 8. The topological polar surface area (TPSA) is 25.8 Å². The van der Waals surface area contributed by atoms with Crippen LogP contribution in [0.4, 0.5) is 0 Å². The minimum absolute atomic E-state index is 0.863. The summed E-state index contributed by atoms with van der Waals surface area (Å²) in [4.78, 5) is 11.2. The van der Waals surface area contributed by atoms with Crippen LogP contribution in [0.25, 0.3) is 22.2 Å². The summed E-state index contributed by atoms with van der Waals surface area (Å²) >= 11 is 1.89. The Hall–Kier alpha value is -2.39. The normalized spacial score (nSPS) is 14.3. The maximum Gasteiger partial charge on any atom is 0.0972 e. The van der Waals surface area contributed by atoms with Crippen LogP contribution in [-0.2, 0) is 0 Å². The van der Waals surface area contributed by atoms with Crippen molar-refractivity contribution in [1.29, 1.82) is 0 Å². The first-order valence-corrected chi connectivity index (χ1v) is 10.5. The Morgan fingerprint density at radius 2 is 2.07 bits per heavy atom. The van der Waals surface area contributed by atoms with E-state index in [1.54, 1.807) is 6.08 Å². The molecule has 0 amide bonds. The van der Waals surface area contributed by atoms with Gasteiger partial charge in [0.1, 0.15) is 0 Å². The summed E-state index contributed by atoms with van der Waals surface area (Å²) in [6, 6.07) is 6.38. The number of fused-ring (bicyclic) bond motifs is 1. The molecular formula is C24H26N2S. The molecule has 0 aliphatic heterocycles. The van der Waals surface area contributed by atoms with Gasteiger partial charge in [-0.2, -0.15) is 0 Å². The minimum Gasteiger partial charge on any atom is -0.244 e. The highest BCUT2D eigenvalue weighted by Gasteiger charge is 2.15. The Morgan fingerprint density at radius 1 is 1.19 bits per heavy atom. The number of benzene rings is 1. The van der Waals surface area contributed by atoms with Crippen molar-refractivity contribution in [3.8, 4) is 0 Å². The van der Waals surface area contributed by atoms with Gasteiger partial charge < -0.3 is 0 Å². The third kappa shape index (κ3) is 4.67. The zero-order chi connectivity index (χ0) is 19.1. The fourth-order valence-corrected chi connectivity index (χ4v) is 4.05. The Morgan fingerprint density at radius 3 is 2.78 bits per heavy atom. The molecule has 138 valence electrons. The predicted molar refractivity (Wildman–Crippen MR) is 120 cm³/mol. The number of allylic oxidation sites excluding steroid dienone is 8. The van der Waals surface area contributed by atoms with E-state index in [9.17, 15) is 0 Å². The maximum absolute atomic E-state index is 5.02. The molecule has 1 aromatic heterocycles. The molecule has 0 saturated heterocycles. The SMILES string of the molecule is C=C/C=C(\C=C)c1nc2ccc(SCCCC)cc2nc1C1=CCCC=C1. The number of aromatic nitrogens is 2. The Balaban J connectivity index is 2.12. The van der Waals surface area contributed by atoms with Gasteiger partial charge in [0.15, 0.2) is 0 Å². The number of hydrogen-bond donors (Lipinski definition) is 0. The van der Waals surface area contributed by atoms with E-state index in [-0.39, 0.29) is 0 Å². The Kier molecular flexibility index (Phi) is 6.83. The van der Waals surface area contributed by atoms with Crippen LogP contribution in [0.1, 0.15) is 44.0 Å². The van der Waals surface area contributed by atoms with Crippen LogP contribution in [0.5, 0.6) is 0 Å². The minimum atomic E-state index is 0.863. The molecule has 0 atom stereocenters. The molecule has 1 heterocycles. The molecule has 0 unspecified atom stereocenters. The van der Waals surface area contributed by atoms with E-state index in [0.717, 1.165) is 52.2 Å². The van der Waals surface area contributed by atoms with Gasteiger partial charge in [0, 0.05) is 10.5 Å². The van der Waals surface area contributed by atoms with Crippen LogP contribution < -0.4 is 0 Å². The van der Waals surface area contributed by atoms with Crippen LogP contribution >= 0.6 is 11.8 Å². The van der Waals surface area contributed by atoms with Gasteiger partial charge in [-0.05, 0) is 48.8 Å². The first-order valence-electron chi connectivity index (χ1n) is 9.54. The molecular weight excluding hydrogens is 348 g/mol. The monoisotopic (exact) mass is 374 g/mol. The fraction of sp³-hybridized carbons (Fsp3) is 0.250. The third-order valence-electron chi connectivity index (χ3n) is 4.46. The van der Waals surface area contributed by atoms with Crippen molar-refractivity contribution >= 4 is 33.9 Å². The van der Waals surface area contributed by atoms with Crippen LogP contribution in [0.3, 0.4) is 0 Å². The fourth-order valence-electron chi connectivity index (χ4n) is 3.02. The first kappa shape index (κ1) is 19.4. The molecule has 0 bridgehead atoms. The average molecular weight is 375 g/mol. The van der Waals surface area contributed by atoms with Crippen LogP contribution in [0.15, 0.2) is 72.7 Å². The van der Waals surface area contributed by atoms with E-state index in [2.05, 4.69) is 56.5 Å². The quantitative estimate of drug-likeness (QED) is 0.282. The standard InChI is InChI=1S/C24H26N2S/c1-4-7-16-27-20-14-15-21-22(17-20)26-24(19-12-9-8-10-13-19)23(25-21)18(6-3)11-5-2/h5-6,9,11-15,17H,2-4,7-8,10,16H2,1H3/b18-11+. The van der Waals surface area contributed by atoms with Crippen LogP contribution in [-0.4, -0.2) is 15.7 Å². The smallest absolute Gasteiger partial charge is 0.0972 e.